The van der Waals surface area contributed by atoms with E-state index in [0.717, 1.165) is 42.8 Å². The van der Waals surface area contributed by atoms with E-state index in [4.69, 9.17) is 4.74 Å². The van der Waals surface area contributed by atoms with Crippen LogP contribution in [0.1, 0.15) is 42.4 Å². The standard InChI is InChI=1S/C18H28N2O2/c1-14-12-15(2)17(16(3)13-14)22-11-8-19-18(21)20-9-6-4-5-7-10-20/h12-13H,4-11H2,1-3H3,(H,19,21). The number of nitrogens with zero attached hydrogens (tertiary/aromatic N) is 1. The molecule has 0 aromatic heterocycles. The fourth-order valence-electron chi connectivity index (χ4n) is 3.09. The van der Waals surface area contributed by atoms with Crippen molar-refractivity contribution in [2.24, 2.45) is 0 Å². The highest BCUT2D eigenvalue weighted by molar-refractivity contribution is 5.74. The Bertz CT molecular complexity index is 483. The van der Waals surface area contributed by atoms with Gasteiger partial charge < -0.3 is 15.0 Å². The van der Waals surface area contributed by atoms with Crippen molar-refractivity contribution in [2.45, 2.75) is 46.5 Å². The van der Waals surface area contributed by atoms with Gasteiger partial charge in [0.1, 0.15) is 12.4 Å². The molecule has 0 saturated carbocycles. The average Bonchev–Trinajstić information content (AvgIpc) is 2.74. The van der Waals surface area contributed by atoms with E-state index in [0.29, 0.717) is 13.2 Å². The summed E-state index contributed by atoms with van der Waals surface area (Å²) in [4.78, 5) is 14.0. The highest BCUT2D eigenvalue weighted by atomic mass is 16.5. The number of amides is 2. The lowest BCUT2D eigenvalue weighted by Crippen LogP contribution is -2.41. The number of rotatable bonds is 4. The van der Waals surface area contributed by atoms with Crippen LogP contribution in [0.15, 0.2) is 12.1 Å². The van der Waals surface area contributed by atoms with Crippen molar-refractivity contribution in [1.29, 1.82) is 0 Å². The van der Waals surface area contributed by atoms with E-state index in [9.17, 15) is 4.79 Å². The Kier molecular flexibility index (Phi) is 6.10. The molecule has 122 valence electrons. The molecule has 4 heteroatoms. The number of carbonyl (C=O) groups is 1. The van der Waals surface area contributed by atoms with Gasteiger partial charge in [0.15, 0.2) is 0 Å². The molecule has 1 aliphatic rings. The molecule has 22 heavy (non-hydrogen) atoms. The van der Waals surface area contributed by atoms with Crippen LogP contribution in [-0.4, -0.2) is 37.2 Å². The Labute approximate surface area is 133 Å². The first kappa shape index (κ1) is 16.7. The topological polar surface area (TPSA) is 41.6 Å². The van der Waals surface area contributed by atoms with Gasteiger partial charge in [-0.2, -0.15) is 0 Å². The summed E-state index contributed by atoms with van der Waals surface area (Å²) in [5, 5.41) is 2.96. The second-order valence-electron chi connectivity index (χ2n) is 6.21. The van der Waals surface area contributed by atoms with Crippen molar-refractivity contribution >= 4 is 6.03 Å². The number of ether oxygens (including phenoxy) is 1. The smallest absolute Gasteiger partial charge is 0.317 e. The maximum atomic E-state index is 12.1. The number of nitrogens with one attached hydrogen (secondary N) is 1. The molecule has 1 N–H and O–H groups in total. The van der Waals surface area contributed by atoms with Gasteiger partial charge in [-0.1, -0.05) is 30.5 Å². The van der Waals surface area contributed by atoms with Crippen LogP contribution in [0.5, 0.6) is 5.75 Å². The number of urea groups is 1. The normalized spacial score (nSPS) is 15.3. The van der Waals surface area contributed by atoms with Crippen LogP contribution < -0.4 is 10.1 Å². The molecule has 1 heterocycles. The Morgan fingerprint density at radius 2 is 1.68 bits per heavy atom. The van der Waals surface area contributed by atoms with E-state index in [2.05, 4.69) is 38.2 Å². The first-order valence-electron chi connectivity index (χ1n) is 8.31. The van der Waals surface area contributed by atoms with Gasteiger partial charge >= 0.3 is 6.03 Å². The first-order valence-corrected chi connectivity index (χ1v) is 8.31. The molecule has 0 unspecified atom stereocenters. The quantitative estimate of drug-likeness (QED) is 0.864. The minimum atomic E-state index is 0.0443. The van der Waals surface area contributed by atoms with Gasteiger partial charge in [0.05, 0.1) is 6.54 Å². The van der Waals surface area contributed by atoms with Crippen LogP contribution in [0.4, 0.5) is 4.79 Å². The zero-order valence-electron chi connectivity index (χ0n) is 14.1. The molecule has 2 amide bonds. The summed E-state index contributed by atoms with van der Waals surface area (Å²) in [6.07, 6.45) is 4.70. The lowest BCUT2D eigenvalue weighted by molar-refractivity contribution is 0.196. The van der Waals surface area contributed by atoms with Crippen LogP contribution in [0, 0.1) is 20.8 Å². The van der Waals surface area contributed by atoms with E-state index in [1.54, 1.807) is 0 Å². The number of hydrogen-bond donors (Lipinski definition) is 1. The highest BCUT2D eigenvalue weighted by Gasteiger charge is 2.14. The Morgan fingerprint density at radius 3 is 2.27 bits per heavy atom. The first-order chi connectivity index (χ1) is 10.6. The molecule has 1 saturated heterocycles. The summed E-state index contributed by atoms with van der Waals surface area (Å²) in [7, 11) is 0. The van der Waals surface area contributed by atoms with Crippen molar-refractivity contribution < 1.29 is 9.53 Å². The molecule has 1 aliphatic heterocycles. The third kappa shape index (κ3) is 4.65. The highest BCUT2D eigenvalue weighted by Crippen LogP contribution is 2.24. The summed E-state index contributed by atoms with van der Waals surface area (Å²) in [6, 6.07) is 4.29. The van der Waals surface area contributed by atoms with Crippen molar-refractivity contribution in [1.82, 2.24) is 10.2 Å². The molecule has 0 aliphatic carbocycles. The predicted octanol–water partition coefficient (Wildman–Crippen LogP) is 3.58. The summed E-state index contributed by atoms with van der Waals surface area (Å²) < 4.78 is 5.85. The molecule has 1 fully saturated rings. The number of carbonyl (C=O) groups excluding carboxylic acids is 1. The summed E-state index contributed by atoms with van der Waals surface area (Å²) in [5.74, 6) is 0.939. The maximum absolute atomic E-state index is 12.1. The minimum Gasteiger partial charge on any atom is -0.491 e. The predicted molar refractivity (Wildman–Crippen MR) is 89.6 cm³/mol. The molecular formula is C18H28N2O2. The van der Waals surface area contributed by atoms with Crippen molar-refractivity contribution in [3.8, 4) is 5.75 Å². The van der Waals surface area contributed by atoms with Crippen LogP contribution in [0.3, 0.4) is 0 Å². The second-order valence-corrected chi connectivity index (χ2v) is 6.21. The molecule has 0 radical (unpaired) electrons. The number of hydrogen-bond acceptors (Lipinski definition) is 2. The molecular weight excluding hydrogens is 276 g/mol. The van der Waals surface area contributed by atoms with Gasteiger partial charge in [0, 0.05) is 13.1 Å². The van der Waals surface area contributed by atoms with Crippen molar-refractivity contribution in [3.63, 3.8) is 0 Å². The van der Waals surface area contributed by atoms with Crippen LogP contribution in [-0.2, 0) is 0 Å². The Hall–Kier alpha value is -1.71. The average molecular weight is 304 g/mol. The number of aryl methyl sites for hydroxylation is 3. The Morgan fingerprint density at radius 1 is 1.09 bits per heavy atom. The fourth-order valence-corrected chi connectivity index (χ4v) is 3.09. The summed E-state index contributed by atoms with van der Waals surface area (Å²) >= 11 is 0. The van der Waals surface area contributed by atoms with Gasteiger partial charge in [-0.05, 0) is 44.7 Å². The van der Waals surface area contributed by atoms with Gasteiger partial charge in [0.25, 0.3) is 0 Å². The number of likely N-dealkylation sites (tertiary alicyclic amines) is 1. The molecule has 1 aromatic carbocycles. The lowest BCUT2D eigenvalue weighted by Gasteiger charge is -2.21. The largest absolute Gasteiger partial charge is 0.491 e. The molecule has 0 spiro atoms. The van der Waals surface area contributed by atoms with Gasteiger partial charge in [-0.3, -0.25) is 0 Å². The van der Waals surface area contributed by atoms with Crippen molar-refractivity contribution in [2.75, 3.05) is 26.2 Å². The van der Waals surface area contributed by atoms with E-state index >= 15 is 0 Å². The van der Waals surface area contributed by atoms with Crippen LogP contribution in [0.2, 0.25) is 0 Å². The maximum Gasteiger partial charge on any atom is 0.317 e. The number of benzene rings is 1. The van der Waals surface area contributed by atoms with E-state index in [1.165, 1.54) is 18.4 Å². The molecule has 0 bridgehead atoms. The lowest BCUT2D eigenvalue weighted by atomic mass is 10.1. The van der Waals surface area contributed by atoms with Crippen LogP contribution >= 0.6 is 0 Å². The van der Waals surface area contributed by atoms with Gasteiger partial charge in [0.2, 0.25) is 0 Å². The van der Waals surface area contributed by atoms with Crippen LogP contribution in [0.25, 0.3) is 0 Å². The van der Waals surface area contributed by atoms with E-state index in [-0.39, 0.29) is 6.03 Å². The summed E-state index contributed by atoms with van der Waals surface area (Å²) in [6.45, 7) is 9.01. The van der Waals surface area contributed by atoms with Crippen molar-refractivity contribution in [3.05, 3.63) is 28.8 Å². The summed E-state index contributed by atoms with van der Waals surface area (Å²) in [5.41, 5.74) is 3.55. The third-order valence-corrected chi connectivity index (χ3v) is 4.12. The third-order valence-electron chi connectivity index (χ3n) is 4.12. The Balaban J connectivity index is 1.76. The van der Waals surface area contributed by atoms with E-state index < -0.39 is 0 Å². The zero-order chi connectivity index (χ0) is 15.9. The molecule has 0 atom stereocenters. The second kappa shape index (κ2) is 8.06. The zero-order valence-corrected chi connectivity index (χ0v) is 14.1. The molecule has 4 nitrogen and oxygen atoms in total. The SMILES string of the molecule is Cc1cc(C)c(OCCNC(=O)N2CCCCCC2)c(C)c1. The molecule has 2 rings (SSSR count). The van der Waals surface area contributed by atoms with E-state index in [1.807, 2.05) is 4.90 Å². The van der Waals surface area contributed by atoms with Gasteiger partial charge in [-0.25, -0.2) is 4.79 Å². The van der Waals surface area contributed by atoms with Gasteiger partial charge in [-0.15, -0.1) is 0 Å². The fraction of sp³-hybridized carbons (Fsp3) is 0.611. The minimum absolute atomic E-state index is 0.0443. The molecule has 1 aromatic rings. The monoisotopic (exact) mass is 304 g/mol.